The number of amides is 1. The highest BCUT2D eigenvalue weighted by Crippen LogP contribution is 2.14. The molecule has 0 aliphatic rings. The second-order valence-corrected chi connectivity index (χ2v) is 3.71. The van der Waals surface area contributed by atoms with E-state index in [-0.39, 0.29) is 37.4 Å². The molecule has 102 valence electrons. The van der Waals surface area contributed by atoms with Crippen LogP contribution in [0.15, 0.2) is 35.3 Å². The molecule has 0 bridgehead atoms. The second kappa shape index (κ2) is 6.77. The fraction of sp³-hybridized carbons (Fsp3) is 0.167. The Morgan fingerprint density at radius 2 is 2.16 bits per heavy atom. The molecule has 7 heteroatoms. The number of carbonyl (C=O) groups is 1. The van der Waals surface area contributed by atoms with E-state index in [1.54, 1.807) is 6.07 Å². The van der Waals surface area contributed by atoms with Gasteiger partial charge in [-0.1, -0.05) is 18.2 Å². The molecule has 0 unspecified atom stereocenters. The molecule has 0 aliphatic carbocycles. The number of benzene rings is 1. The maximum Gasteiger partial charge on any atom is 0.274 e. The molecule has 1 aromatic carbocycles. The number of para-hydroxylation sites is 1. The summed E-state index contributed by atoms with van der Waals surface area (Å²) in [6, 6.07) is 9.32. The van der Waals surface area contributed by atoms with E-state index in [0.29, 0.717) is 5.69 Å². The molecule has 2 rings (SSSR count). The fourth-order valence-electron chi connectivity index (χ4n) is 1.59. The average molecular weight is 283 g/mol. The number of nitrogens with one attached hydrogen (secondary N) is 2. The molecule has 1 aromatic heterocycles. The highest BCUT2D eigenvalue weighted by atomic mass is 35.5. The van der Waals surface area contributed by atoms with Crippen LogP contribution in [0.4, 0.5) is 0 Å². The number of aliphatic imine (C=N–C) groups is 1. The standard InChI is InChI=1S/C12H14N4O2.ClH/c13-12(14-5-6-17)16-11(18)10-7-8-3-1-2-4-9(8)15-10;/h1-4,7,15,17H,5-6H2,(H3,13,14,16,18);1H. The maximum atomic E-state index is 11.8. The maximum absolute atomic E-state index is 11.8. The van der Waals surface area contributed by atoms with E-state index < -0.39 is 0 Å². The molecule has 1 amide bonds. The van der Waals surface area contributed by atoms with Crippen molar-refractivity contribution >= 4 is 35.2 Å². The lowest BCUT2D eigenvalue weighted by molar-refractivity contribution is 0.0972. The number of aromatic nitrogens is 1. The van der Waals surface area contributed by atoms with Crippen LogP contribution in [0.1, 0.15) is 10.5 Å². The highest BCUT2D eigenvalue weighted by molar-refractivity contribution is 6.06. The lowest BCUT2D eigenvalue weighted by Crippen LogP contribution is -2.37. The Bertz CT molecular complexity index is 561. The van der Waals surface area contributed by atoms with Crippen LogP contribution >= 0.6 is 12.4 Å². The van der Waals surface area contributed by atoms with E-state index in [4.69, 9.17) is 10.8 Å². The summed E-state index contributed by atoms with van der Waals surface area (Å²) < 4.78 is 0. The van der Waals surface area contributed by atoms with Crippen molar-refractivity contribution in [3.8, 4) is 0 Å². The van der Waals surface area contributed by atoms with Gasteiger partial charge in [0, 0.05) is 10.9 Å². The van der Waals surface area contributed by atoms with E-state index in [9.17, 15) is 4.79 Å². The van der Waals surface area contributed by atoms with Gasteiger partial charge in [0.1, 0.15) is 5.69 Å². The predicted molar refractivity (Wildman–Crippen MR) is 76.6 cm³/mol. The number of rotatable bonds is 3. The zero-order chi connectivity index (χ0) is 13.0. The molecule has 1 heterocycles. The van der Waals surface area contributed by atoms with Crippen molar-refractivity contribution in [2.24, 2.45) is 10.7 Å². The third kappa shape index (κ3) is 3.70. The summed E-state index contributed by atoms with van der Waals surface area (Å²) in [6.45, 7) is 0.0573. The van der Waals surface area contributed by atoms with Crippen LogP contribution in [0.5, 0.6) is 0 Å². The monoisotopic (exact) mass is 282 g/mol. The topological polar surface area (TPSA) is 104 Å². The van der Waals surface area contributed by atoms with Gasteiger partial charge in [0.25, 0.3) is 5.91 Å². The van der Waals surface area contributed by atoms with Crippen LogP contribution in [0.3, 0.4) is 0 Å². The first-order valence-corrected chi connectivity index (χ1v) is 5.50. The smallest absolute Gasteiger partial charge is 0.274 e. The summed E-state index contributed by atoms with van der Waals surface area (Å²) in [6.07, 6.45) is 0. The quantitative estimate of drug-likeness (QED) is 0.490. The number of aliphatic hydroxyl groups excluding tert-OH is 1. The Morgan fingerprint density at radius 1 is 1.42 bits per heavy atom. The zero-order valence-electron chi connectivity index (χ0n) is 10.1. The Labute approximate surface area is 116 Å². The van der Waals surface area contributed by atoms with Crippen molar-refractivity contribution in [1.29, 1.82) is 0 Å². The number of nitrogens with zero attached hydrogens (tertiary/aromatic N) is 1. The van der Waals surface area contributed by atoms with Gasteiger partial charge in [0.15, 0.2) is 5.96 Å². The molecule has 0 saturated heterocycles. The summed E-state index contributed by atoms with van der Waals surface area (Å²) >= 11 is 0. The first-order valence-electron chi connectivity index (χ1n) is 5.50. The number of carbonyl (C=O) groups excluding carboxylic acids is 1. The minimum Gasteiger partial charge on any atom is -0.394 e. The van der Waals surface area contributed by atoms with Gasteiger partial charge in [0.05, 0.1) is 13.2 Å². The number of hydrogen-bond acceptors (Lipinski definition) is 3. The second-order valence-electron chi connectivity index (χ2n) is 3.71. The SMILES string of the molecule is Cl.NC(=NCCO)NC(=O)c1cc2ccccc2[nH]1. The molecule has 0 atom stereocenters. The highest BCUT2D eigenvalue weighted by Gasteiger charge is 2.09. The number of H-pyrrole nitrogens is 1. The molecule has 0 spiro atoms. The number of fused-ring (bicyclic) bond motifs is 1. The van der Waals surface area contributed by atoms with E-state index in [1.165, 1.54) is 0 Å². The van der Waals surface area contributed by atoms with Crippen molar-refractivity contribution in [2.75, 3.05) is 13.2 Å². The number of hydrogen-bond donors (Lipinski definition) is 4. The van der Waals surface area contributed by atoms with Gasteiger partial charge in [-0.25, -0.2) is 0 Å². The van der Waals surface area contributed by atoms with Gasteiger partial charge < -0.3 is 15.8 Å². The van der Waals surface area contributed by atoms with Crippen LogP contribution in [-0.2, 0) is 0 Å². The summed E-state index contributed by atoms with van der Waals surface area (Å²) in [4.78, 5) is 18.6. The van der Waals surface area contributed by atoms with E-state index in [1.807, 2.05) is 24.3 Å². The van der Waals surface area contributed by atoms with E-state index in [2.05, 4.69) is 15.3 Å². The third-order valence-electron chi connectivity index (χ3n) is 2.40. The molecule has 0 radical (unpaired) electrons. The molecule has 0 fully saturated rings. The van der Waals surface area contributed by atoms with Gasteiger partial charge in [-0.05, 0) is 12.1 Å². The lowest BCUT2D eigenvalue weighted by atomic mass is 10.2. The minimum absolute atomic E-state index is 0. The molecule has 6 nitrogen and oxygen atoms in total. The average Bonchev–Trinajstić information content (AvgIpc) is 2.80. The molecular formula is C12H15ClN4O2. The first kappa shape index (κ1) is 15.0. The van der Waals surface area contributed by atoms with Crippen LogP contribution in [0, 0.1) is 0 Å². The van der Waals surface area contributed by atoms with Crippen molar-refractivity contribution in [3.05, 3.63) is 36.0 Å². The van der Waals surface area contributed by atoms with Gasteiger partial charge in [0.2, 0.25) is 0 Å². The minimum atomic E-state index is -0.356. The zero-order valence-corrected chi connectivity index (χ0v) is 10.9. The Kier molecular flexibility index (Phi) is 5.35. The summed E-state index contributed by atoms with van der Waals surface area (Å²) in [5.74, 6) is -0.363. The van der Waals surface area contributed by atoms with Crippen molar-refractivity contribution in [3.63, 3.8) is 0 Å². The normalized spacial score (nSPS) is 11.1. The number of halogens is 1. The lowest BCUT2D eigenvalue weighted by Gasteiger charge is -2.01. The fourth-order valence-corrected chi connectivity index (χ4v) is 1.59. The summed E-state index contributed by atoms with van der Waals surface area (Å²) in [5.41, 5.74) is 6.78. The molecule has 0 aliphatic heterocycles. The van der Waals surface area contributed by atoms with Gasteiger partial charge >= 0.3 is 0 Å². The van der Waals surface area contributed by atoms with Gasteiger partial charge in [-0.15, -0.1) is 12.4 Å². The largest absolute Gasteiger partial charge is 0.394 e. The van der Waals surface area contributed by atoms with Crippen LogP contribution in [-0.4, -0.2) is 35.1 Å². The number of aliphatic hydroxyl groups is 1. The Hall–Kier alpha value is -2.05. The van der Waals surface area contributed by atoms with Crippen molar-refractivity contribution < 1.29 is 9.90 Å². The van der Waals surface area contributed by atoms with Crippen molar-refractivity contribution in [2.45, 2.75) is 0 Å². The van der Waals surface area contributed by atoms with E-state index >= 15 is 0 Å². The molecule has 2 aromatic rings. The first-order chi connectivity index (χ1) is 8.70. The Balaban J connectivity index is 0.00000180. The number of guanidine groups is 1. The molecule has 19 heavy (non-hydrogen) atoms. The van der Waals surface area contributed by atoms with Gasteiger partial charge in [-0.2, -0.15) is 0 Å². The van der Waals surface area contributed by atoms with Crippen LogP contribution in [0.25, 0.3) is 10.9 Å². The number of aromatic amines is 1. The number of nitrogens with two attached hydrogens (primary N) is 1. The van der Waals surface area contributed by atoms with Gasteiger partial charge in [-0.3, -0.25) is 15.1 Å². The third-order valence-corrected chi connectivity index (χ3v) is 2.40. The Morgan fingerprint density at radius 3 is 2.84 bits per heavy atom. The summed E-state index contributed by atoms with van der Waals surface area (Å²) in [5, 5.41) is 12.0. The molecular weight excluding hydrogens is 268 g/mol. The molecule has 5 N–H and O–H groups in total. The van der Waals surface area contributed by atoms with E-state index in [0.717, 1.165) is 10.9 Å². The van der Waals surface area contributed by atoms with Crippen LogP contribution in [0.2, 0.25) is 0 Å². The van der Waals surface area contributed by atoms with Crippen LogP contribution < -0.4 is 11.1 Å². The predicted octanol–water partition coefficient (Wildman–Crippen LogP) is 0.626. The van der Waals surface area contributed by atoms with Crippen molar-refractivity contribution in [1.82, 2.24) is 10.3 Å². The summed E-state index contributed by atoms with van der Waals surface area (Å²) in [7, 11) is 0. The molecule has 0 saturated carbocycles.